The van der Waals surface area contributed by atoms with Gasteiger partial charge in [-0.2, -0.15) is 18.3 Å². The van der Waals surface area contributed by atoms with Crippen LogP contribution in [-0.2, 0) is 28.9 Å². The van der Waals surface area contributed by atoms with Gasteiger partial charge in [0.25, 0.3) is 5.56 Å². The smallest absolute Gasteiger partial charge is 0.354 e. The molecule has 0 aliphatic carbocycles. The Kier molecular flexibility index (Phi) is 7.17. The second-order valence-electron chi connectivity index (χ2n) is 9.95. The van der Waals surface area contributed by atoms with Crippen molar-refractivity contribution in [3.63, 3.8) is 0 Å². The molecule has 12 heteroatoms. The quantitative estimate of drug-likeness (QED) is 0.379. The van der Waals surface area contributed by atoms with Gasteiger partial charge in [-0.25, -0.2) is 9.67 Å². The molecule has 3 heterocycles. The largest absolute Gasteiger partial charge is 0.416 e. The number of aryl methyl sites for hydroxylation is 2. The molecule has 1 atom stereocenters. The molecule has 1 aliphatic rings. The number of carbonyl (C=O) groups excluding carboxylic acids is 2. The number of aromatic nitrogens is 4. The van der Waals surface area contributed by atoms with Crippen LogP contribution in [0.3, 0.4) is 0 Å². The summed E-state index contributed by atoms with van der Waals surface area (Å²) in [4.78, 5) is 44.2. The molecule has 2 aromatic heterocycles. The first-order chi connectivity index (χ1) is 19.0. The highest BCUT2D eigenvalue weighted by Gasteiger charge is 2.35. The Morgan fingerprint density at radius 3 is 2.65 bits per heavy atom. The molecule has 0 spiro atoms. The van der Waals surface area contributed by atoms with E-state index in [1.807, 2.05) is 32.0 Å². The number of nitrogens with zero attached hydrogens (tertiary/aromatic N) is 5. The number of fused-ring (bicyclic) bond motifs is 1. The summed E-state index contributed by atoms with van der Waals surface area (Å²) in [5, 5.41) is 7.25. The van der Waals surface area contributed by atoms with Crippen molar-refractivity contribution >= 4 is 28.5 Å². The van der Waals surface area contributed by atoms with E-state index in [1.54, 1.807) is 4.90 Å². The third-order valence-electron chi connectivity index (χ3n) is 7.15. The highest BCUT2D eigenvalue weighted by molar-refractivity contribution is 6.00. The number of halogens is 3. The van der Waals surface area contributed by atoms with Gasteiger partial charge in [0.2, 0.25) is 11.8 Å². The van der Waals surface area contributed by atoms with Crippen LogP contribution >= 0.6 is 0 Å². The van der Waals surface area contributed by atoms with Crippen LogP contribution in [0.2, 0.25) is 0 Å². The number of amides is 2. The van der Waals surface area contributed by atoms with Gasteiger partial charge in [-0.05, 0) is 54.8 Å². The van der Waals surface area contributed by atoms with E-state index < -0.39 is 23.2 Å². The fourth-order valence-electron chi connectivity index (χ4n) is 4.77. The second kappa shape index (κ2) is 10.6. The Bertz CT molecular complexity index is 1660. The molecular weight excluding hydrogens is 525 g/mol. The van der Waals surface area contributed by atoms with Gasteiger partial charge in [0.1, 0.15) is 11.7 Å². The highest BCUT2D eigenvalue weighted by Crippen LogP contribution is 2.30. The first kappa shape index (κ1) is 27.1. The van der Waals surface area contributed by atoms with E-state index in [-0.39, 0.29) is 43.3 Å². The lowest BCUT2D eigenvalue weighted by molar-refractivity contribution is -0.137. The normalized spacial score (nSPS) is 15.7. The Morgan fingerprint density at radius 2 is 1.90 bits per heavy atom. The number of alkyl halides is 3. The minimum atomic E-state index is -4.48. The van der Waals surface area contributed by atoms with Crippen LogP contribution in [0, 0.1) is 19.8 Å². The summed E-state index contributed by atoms with van der Waals surface area (Å²) in [6, 6.07) is 10.6. The highest BCUT2D eigenvalue weighted by atomic mass is 19.4. The Morgan fingerprint density at radius 1 is 1.10 bits per heavy atom. The van der Waals surface area contributed by atoms with Gasteiger partial charge < -0.3 is 10.2 Å². The summed E-state index contributed by atoms with van der Waals surface area (Å²) in [5.41, 5.74) is 2.36. The predicted octanol–water partition coefficient (Wildman–Crippen LogP) is 3.45. The lowest BCUT2D eigenvalue weighted by Crippen LogP contribution is -2.35. The van der Waals surface area contributed by atoms with Crippen molar-refractivity contribution in [2.45, 2.75) is 39.5 Å². The van der Waals surface area contributed by atoms with Crippen LogP contribution < -0.4 is 15.8 Å². The van der Waals surface area contributed by atoms with Crippen molar-refractivity contribution in [3.05, 3.63) is 87.6 Å². The van der Waals surface area contributed by atoms with Gasteiger partial charge in [0.05, 0.1) is 30.8 Å². The van der Waals surface area contributed by atoms with Crippen LogP contribution in [0.15, 0.2) is 59.8 Å². The van der Waals surface area contributed by atoms with Crippen molar-refractivity contribution in [3.8, 4) is 0 Å². The molecule has 1 saturated heterocycles. The number of hydrogen-bond donors (Lipinski definition) is 1. The van der Waals surface area contributed by atoms with Gasteiger partial charge in [-0.1, -0.05) is 18.2 Å². The Hall–Kier alpha value is -4.48. The molecule has 2 aromatic carbocycles. The molecular formula is C28H27F3N6O3. The lowest BCUT2D eigenvalue weighted by atomic mass is 10.1. The number of carbonyl (C=O) groups is 2. The van der Waals surface area contributed by atoms with Gasteiger partial charge in [0.15, 0.2) is 5.65 Å². The molecule has 1 unspecified atom stereocenters. The molecule has 0 saturated carbocycles. The SMILES string of the molecule is Cc1ccc(N2CC(C(=O)NCCn3ncc4c(=O)n(Cc5cccc(C(F)(F)F)c5)cnc43)CC2=O)cc1C. The van der Waals surface area contributed by atoms with Crippen LogP contribution in [0.5, 0.6) is 0 Å². The van der Waals surface area contributed by atoms with E-state index in [0.29, 0.717) is 17.8 Å². The number of benzene rings is 2. The summed E-state index contributed by atoms with van der Waals surface area (Å²) in [6.07, 6.45) is -1.73. The van der Waals surface area contributed by atoms with Crippen LogP contribution in [0.25, 0.3) is 11.0 Å². The number of nitrogens with one attached hydrogen (secondary N) is 1. The molecule has 0 radical (unpaired) electrons. The fourth-order valence-corrected chi connectivity index (χ4v) is 4.77. The molecule has 1 N–H and O–H groups in total. The van der Waals surface area contributed by atoms with Crippen LogP contribution in [-0.4, -0.2) is 44.2 Å². The molecule has 2 amide bonds. The average Bonchev–Trinajstić information content (AvgIpc) is 3.51. The van der Waals surface area contributed by atoms with E-state index >= 15 is 0 Å². The fraction of sp³-hybridized carbons (Fsp3) is 0.321. The molecule has 1 aliphatic heterocycles. The maximum atomic E-state index is 13.0. The standard InChI is InChI=1S/C28H27F3N6O3/c1-17-6-7-22(10-18(17)2)36-15-20(12-24(36)38)26(39)32-8-9-37-25-23(13-34-37)27(40)35(16-33-25)14-19-4-3-5-21(11-19)28(29,30)31/h3-7,10-11,13,16,20H,8-9,12,14-15H2,1-2H3,(H,32,39). The third kappa shape index (κ3) is 5.47. The molecule has 4 aromatic rings. The predicted molar refractivity (Wildman–Crippen MR) is 142 cm³/mol. The molecule has 9 nitrogen and oxygen atoms in total. The summed E-state index contributed by atoms with van der Waals surface area (Å²) >= 11 is 0. The number of anilines is 1. The Labute approximate surface area is 227 Å². The van der Waals surface area contributed by atoms with Crippen molar-refractivity contribution in [1.29, 1.82) is 0 Å². The van der Waals surface area contributed by atoms with E-state index in [1.165, 1.54) is 33.9 Å². The molecule has 40 heavy (non-hydrogen) atoms. The average molecular weight is 553 g/mol. The first-order valence-electron chi connectivity index (χ1n) is 12.7. The van der Waals surface area contributed by atoms with Gasteiger partial charge in [0, 0.05) is 25.2 Å². The minimum absolute atomic E-state index is 0.0772. The van der Waals surface area contributed by atoms with Crippen molar-refractivity contribution in [2.24, 2.45) is 5.92 Å². The van der Waals surface area contributed by atoms with Crippen LogP contribution in [0.4, 0.5) is 18.9 Å². The maximum absolute atomic E-state index is 13.0. The summed E-state index contributed by atoms with van der Waals surface area (Å²) in [6.45, 7) is 4.63. The number of hydrogen-bond acceptors (Lipinski definition) is 5. The van der Waals surface area contributed by atoms with Crippen molar-refractivity contribution in [2.75, 3.05) is 18.0 Å². The number of rotatable bonds is 7. The summed E-state index contributed by atoms with van der Waals surface area (Å²) in [7, 11) is 0. The zero-order valence-corrected chi connectivity index (χ0v) is 21.9. The molecule has 208 valence electrons. The van der Waals surface area contributed by atoms with Crippen molar-refractivity contribution < 1.29 is 22.8 Å². The topological polar surface area (TPSA) is 102 Å². The first-order valence-corrected chi connectivity index (χ1v) is 12.7. The van der Waals surface area contributed by atoms with Crippen LogP contribution in [0.1, 0.15) is 28.7 Å². The van der Waals surface area contributed by atoms with E-state index in [0.717, 1.165) is 28.9 Å². The second-order valence-corrected chi connectivity index (χ2v) is 9.95. The van der Waals surface area contributed by atoms with E-state index in [4.69, 9.17) is 0 Å². The summed E-state index contributed by atoms with van der Waals surface area (Å²) in [5.74, 6) is -0.829. The van der Waals surface area contributed by atoms with Crippen molar-refractivity contribution in [1.82, 2.24) is 24.6 Å². The third-order valence-corrected chi connectivity index (χ3v) is 7.15. The maximum Gasteiger partial charge on any atom is 0.416 e. The molecule has 1 fully saturated rings. The molecule has 5 rings (SSSR count). The van der Waals surface area contributed by atoms with E-state index in [2.05, 4.69) is 15.4 Å². The minimum Gasteiger partial charge on any atom is -0.354 e. The monoisotopic (exact) mass is 552 g/mol. The summed E-state index contributed by atoms with van der Waals surface area (Å²) < 4.78 is 41.8. The zero-order valence-electron chi connectivity index (χ0n) is 21.9. The molecule has 0 bridgehead atoms. The van der Waals surface area contributed by atoms with Gasteiger partial charge >= 0.3 is 6.18 Å². The van der Waals surface area contributed by atoms with Gasteiger partial charge in [-0.15, -0.1) is 0 Å². The Balaban J connectivity index is 1.21. The van der Waals surface area contributed by atoms with Gasteiger partial charge in [-0.3, -0.25) is 19.0 Å². The zero-order chi connectivity index (χ0) is 28.6. The lowest BCUT2D eigenvalue weighted by Gasteiger charge is -2.18. The van der Waals surface area contributed by atoms with E-state index in [9.17, 15) is 27.6 Å².